The van der Waals surface area contributed by atoms with Crippen molar-refractivity contribution in [3.8, 4) is 0 Å². The van der Waals surface area contributed by atoms with E-state index in [4.69, 9.17) is 4.74 Å². The van der Waals surface area contributed by atoms with Gasteiger partial charge in [0.1, 0.15) is 0 Å². The standard InChI is InChI=1S/C23H33N3O4/c1-23(2,3)19-7-4-18(5-8-19)6-9-20(27)24-10-12-25(13-11-24)21(28)22(29)26-14-16-30-17-15-26/h4-5,7-8H,6,9-17H2,1-3H3. The van der Waals surface area contributed by atoms with Crippen LogP contribution in [0.25, 0.3) is 0 Å². The molecule has 0 bridgehead atoms. The number of benzene rings is 1. The van der Waals surface area contributed by atoms with E-state index in [1.54, 1.807) is 14.7 Å². The first-order valence-electron chi connectivity index (χ1n) is 10.8. The lowest BCUT2D eigenvalue weighted by atomic mass is 9.86. The highest BCUT2D eigenvalue weighted by Gasteiger charge is 2.31. The van der Waals surface area contributed by atoms with Crippen molar-refractivity contribution in [2.24, 2.45) is 0 Å². The molecule has 0 saturated carbocycles. The first-order valence-corrected chi connectivity index (χ1v) is 10.8. The van der Waals surface area contributed by atoms with E-state index < -0.39 is 11.8 Å². The van der Waals surface area contributed by atoms with Crippen molar-refractivity contribution in [3.63, 3.8) is 0 Å². The fraction of sp³-hybridized carbons (Fsp3) is 0.609. The number of nitrogens with zero attached hydrogens (tertiary/aromatic N) is 3. The van der Waals surface area contributed by atoms with E-state index in [9.17, 15) is 14.4 Å². The van der Waals surface area contributed by atoms with Crippen LogP contribution in [0, 0.1) is 0 Å². The van der Waals surface area contributed by atoms with Crippen LogP contribution in [0.5, 0.6) is 0 Å². The molecule has 2 saturated heterocycles. The largest absolute Gasteiger partial charge is 0.378 e. The topological polar surface area (TPSA) is 70.2 Å². The molecule has 1 aromatic carbocycles. The number of aryl methyl sites for hydroxylation is 1. The lowest BCUT2D eigenvalue weighted by molar-refractivity contribution is -0.155. The number of hydrogen-bond donors (Lipinski definition) is 0. The second-order valence-corrected chi connectivity index (χ2v) is 9.02. The maximum Gasteiger partial charge on any atom is 0.312 e. The summed E-state index contributed by atoms with van der Waals surface area (Å²) in [7, 11) is 0. The zero-order valence-corrected chi connectivity index (χ0v) is 18.4. The van der Waals surface area contributed by atoms with Crippen LogP contribution in [0.15, 0.2) is 24.3 Å². The minimum Gasteiger partial charge on any atom is -0.378 e. The van der Waals surface area contributed by atoms with E-state index in [1.807, 2.05) is 0 Å². The van der Waals surface area contributed by atoms with E-state index in [2.05, 4.69) is 45.0 Å². The molecule has 30 heavy (non-hydrogen) atoms. The second-order valence-electron chi connectivity index (χ2n) is 9.02. The van der Waals surface area contributed by atoms with E-state index in [-0.39, 0.29) is 11.3 Å². The third-order valence-corrected chi connectivity index (χ3v) is 5.85. The maximum absolute atomic E-state index is 12.6. The number of carbonyl (C=O) groups excluding carboxylic acids is 3. The van der Waals surface area contributed by atoms with Crippen molar-refractivity contribution < 1.29 is 19.1 Å². The molecular weight excluding hydrogens is 382 g/mol. The van der Waals surface area contributed by atoms with Gasteiger partial charge in [-0.2, -0.15) is 0 Å². The number of hydrogen-bond acceptors (Lipinski definition) is 4. The fourth-order valence-corrected chi connectivity index (χ4v) is 3.78. The molecule has 7 heteroatoms. The molecule has 0 radical (unpaired) electrons. The summed E-state index contributed by atoms with van der Waals surface area (Å²) in [5.41, 5.74) is 2.56. The van der Waals surface area contributed by atoms with E-state index in [1.165, 1.54) is 5.56 Å². The molecule has 3 amide bonds. The van der Waals surface area contributed by atoms with Gasteiger partial charge in [-0.25, -0.2) is 0 Å². The van der Waals surface area contributed by atoms with Crippen molar-refractivity contribution in [1.82, 2.24) is 14.7 Å². The summed E-state index contributed by atoms with van der Waals surface area (Å²) in [5, 5.41) is 0. The summed E-state index contributed by atoms with van der Waals surface area (Å²) < 4.78 is 5.23. The minimum atomic E-state index is -0.470. The zero-order chi connectivity index (χ0) is 21.7. The van der Waals surface area contributed by atoms with E-state index >= 15 is 0 Å². The zero-order valence-electron chi connectivity index (χ0n) is 18.4. The highest BCUT2D eigenvalue weighted by molar-refractivity contribution is 6.34. The van der Waals surface area contributed by atoms with Crippen LogP contribution in [0.3, 0.4) is 0 Å². The average Bonchev–Trinajstić information content (AvgIpc) is 2.77. The Balaban J connectivity index is 1.43. The molecule has 164 valence electrons. The Hall–Kier alpha value is -2.41. The minimum absolute atomic E-state index is 0.0986. The van der Waals surface area contributed by atoms with Gasteiger partial charge in [0.25, 0.3) is 0 Å². The van der Waals surface area contributed by atoms with Crippen LogP contribution in [-0.4, -0.2) is 84.9 Å². The third kappa shape index (κ3) is 5.59. The van der Waals surface area contributed by atoms with E-state index in [0.29, 0.717) is 65.3 Å². The number of morpholine rings is 1. The molecule has 2 aliphatic rings. The Kier molecular flexibility index (Phi) is 7.13. The molecule has 7 nitrogen and oxygen atoms in total. The van der Waals surface area contributed by atoms with Crippen molar-refractivity contribution >= 4 is 17.7 Å². The lowest BCUT2D eigenvalue weighted by Crippen LogP contribution is -2.55. The Bertz CT molecular complexity index is 756. The second kappa shape index (κ2) is 9.60. The van der Waals surface area contributed by atoms with Gasteiger partial charge >= 0.3 is 11.8 Å². The number of carbonyl (C=O) groups is 3. The number of piperazine rings is 1. The van der Waals surface area contributed by atoms with Crippen LogP contribution in [0.2, 0.25) is 0 Å². The molecule has 3 rings (SSSR count). The normalized spacial score (nSPS) is 17.8. The molecule has 2 fully saturated rings. The Morgan fingerprint density at radius 2 is 1.30 bits per heavy atom. The van der Waals surface area contributed by atoms with Gasteiger partial charge in [-0.15, -0.1) is 0 Å². The summed E-state index contributed by atoms with van der Waals surface area (Å²) in [5.74, 6) is -0.832. The predicted molar refractivity (Wildman–Crippen MR) is 114 cm³/mol. The van der Waals surface area contributed by atoms with Gasteiger partial charge in [0.05, 0.1) is 13.2 Å². The smallest absolute Gasteiger partial charge is 0.312 e. The molecule has 0 N–H and O–H groups in total. The summed E-state index contributed by atoms with van der Waals surface area (Å²) in [6.07, 6.45) is 1.16. The first kappa shape index (κ1) is 22.3. The summed E-state index contributed by atoms with van der Waals surface area (Å²) >= 11 is 0. The van der Waals surface area contributed by atoms with E-state index in [0.717, 1.165) is 5.56 Å². The highest BCUT2D eigenvalue weighted by atomic mass is 16.5. The molecule has 0 atom stereocenters. The van der Waals surface area contributed by atoms with Gasteiger partial charge in [-0.1, -0.05) is 45.0 Å². The number of ether oxygens (including phenoxy) is 1. The van der Waals surface area contributed by atoms with Gasteiger partial charge in [0.2, 0.25) is 5.91 Å². The molecule has 2 aliphatic heterocycles. The van der Waals surface area contributed by atoms with Gasteiger partial charge in [0.15, 0.2) is 0 Å². The quantitative estimate of drug-likeness (QED) is 0.701. The first-order chi connectivity index (χ1) is 14.3. The molecule has 1 aromatic rings. The molecular formula is C23H33N3O4. The predicted octanol–water partition coefficient (Wildman–Crippen LogP) is 1.45. The number of rotatable bonds is 3. The molecule has 0 aromatic heterocycles. The fourth-order valence-electron chi connectivity index (χ4n) is 3.78. The molecule has 0 spiro atoms. The monoisotopic (exact) mass is 415 g/mol. The average molecular weight is 416 g/mol. The van der Waals surface area contributed by atoms with Crippen LogP contribution in [0.1, 0.15) is 38.3 Å². The SMILES string of the molecule is CC(C)(C)c1ccc(CCC(=O)N2CCN(C(=O)C(=O)N3CCOCC3)CC2)cc1. The number of amides is 3. The molecule has 0 unspecified atom stereocenters. The van der Waals surface area contributed by atoms with Crippen molar-refractivity contribution in [3.05, 3.63) is 35.4 Å². The molecule has 2 heterocycles. The lowest BCUT2D eigenvalue weighted by Gasteiger charge is -2.36. The van der Waals surface area contributed by atoms with Crippen LogP contribution >= 0.6 is 0 Å². The Morgan fingerprint density at radius 1 is 0.800 bits per heavy atom. The van der Waals surface area contributed by atoms with Crippen LogP contribution < -0.4 is 0 Å². The van der Waals surface area contributed by atoms with Crippen LogP contribution in [0.4, 0.5) is 0 Å². The van der Waals surface area contributed by atoms with Crippen molar-refractivity contribution in [2.75, 3.05) is 52.5 Å². The van der Waals surface area contributed by atoms with Crippen molar-refractivity contribution in [2.45, 2.75) is 39.0 Å². The summed E-state index contributed by atoms with van der Waals surface area (Å²) in [4.78, 5) is 42.3. The Labute approximate surface area is 179 Å². The summed E-state index contributed by atoms with van der Waals surface area (Å²) in [6.45, 7) is 10.2. The van der Waals surface area contributed by atoms with Crippen LogP contribution in [-0.2, 0) is 31.0 Å². The summed E-state index contributed by atoms with van der Waals surface area (Å²) in [6, 6.07) is 8.47. The van der Waals surface area contributed by atoms with Gasteiger partial charge in [-0.05, 0) is 23.0 Å². The van der Waals surface area contributed by atoms with Gasteiger partial charge < -0.3 is 19.4 Å². The van der Waals surface area contributed by atoms with Gasteiger partial charge in [0, 0.05) is 45.7 Å². The third-order valence-electron chi connectivity index (χ3n) is 5.85. The molecule has 0 aliphatic carbocycles. The van der Waals surface area contributed by atoms with Crippen molar-refractivity contribution in [1.29, 1.82) is 0 Å². The Morgan fingerprint density at radius 3 is 1.83 bits per heavy atom. The maximum atomic E-state index is 12.6. The van der Waals surface area contributed by atoms with Gasteiger partial charge in [-0.3, -0.25) is 14.4 Å². The highest BCUT2D eigenvalue weighted by Crippen LogP contribution is 2.22.